The van der Waals surface area contributed by atoms with Gasteiger partial charge in [-0.25, -0.2) is 0 Å². The summed E-state index contributed by atoms with van der Waals surface area (Å²) in [6.45, 7) is 1.48. The van der Waals surface area contributed by atoms with Gasteiger partial charge in [0.2, 0.25) is 0 Å². The fraction of sp³-hybridized carbons (Fsp3) is 0.400. The van der Waals surface area contributed by atoms with Gasteiger partial charge in [-0.3, -0.25) is 14.4 Å². The number of amides is 1. The summed E-state index contributed by atoms with van der Waals surface area (Å²) in [5.41, 5.74) is 1.56. The molecule has 0 aromatic carbocycles. The molecule has 2 aromatic rings. The predicted octanol–water partition coefficient (Wildman–Crippen LogP) is 4.01. The molecule has 146 valence electrons. The smallest absolute Gasteiger partial charge is 0.306 e. The molecular weight excluding hydrogens is 396 g/mol. The average Bonchev–Trinajstić information content (AvgIpc) is 3.27. The first kappa shape index (κ1) is 20.2. The highest BCUT2D eigenvalue weighted by molar-refractivity contribution is 7.16. The third kappa shape index (κ3) is 4.86. The Labute approximate surface area is 171 Å². The standard InChI is InChI=1S/C20H20N2O4S2/c1-12-6-8-17(27-12)15(23)7-9-19(25)26-11-18(24)22-20-14(10-21)13-4-2-3-5-16(13)28-20/h6,8H,2-5,7,9,11H2,1H3,(H,22,24). The summed E-state index contributed by atoms with van der Waals surface area (Å²) < 4.78 is 4.96. The predicted molar refractivity (Wildman–Crippen MR) is 108 cm³/mol. The molecule has 0 saturated carbocycles. The number of carbonyl (C=O) groups is 3. The summed E-state index contributed by atoms with van der Waals surface area (Å²) >= 11 is 2.82. The van der Waals surface area contributed by atoms with Crippen LogP contribution in [0.4, 0.5) is 5.00 Å². The number of anilines is 1. The molecule has 1 aliphatic rings. The molecule has 8 heteroatoms. The number of thiophene rings is 2. The van der Waals surface area contributed by atoms with Crippen LogP contribution in [0.15, 0.2) is 12.1 Å². The molecule has 28 heavy (non-hydrogen) atoms. The number of carbonyl (C=O) groups excluding carboxylic acids is 3. The Kier molecular flexibility index (Phi) is 6.60. The summed E-state index contributed by atoms with van der Waals surface area (Å²) in [4.78, 5) is 38.7. The maximum atomic E-state index is 12.1. The number of esters is 1. The number of Topliss-reactive ketones (excluding diaryl/α,β-unsaturated/α-hetero) is 1. The van der Waals surface area contributed by atoms with E-state index in [1.165, 1.54) is 22.7 Å². The molecular formula is C20H20N2O4S2. The van der Waals surface area contributed by atoms with Crippen LogP contribution in [-0.4, -0.2) is 24.3 Å². The number of rotatable bonds is 7. The van der Waals surface area contributed by atoms with Gasteiger partial charge in [0.25, 0.3) is 5.91 Å². The molecule has 0 fully saturated rings. The van der Waals surface area contributed by atoms with Gasteiger partial charge in [0.15, 0.2) is 12.4 Å². The van der Waals surface area contributed by atoms with E-state index in [9.17, 15) is 19.6 Å². The normalized spacial score (nSPS) is 12.7. The molecule has 0 saturated heterocycles. The van der Waals surface area contributed by atoms with Crippen LogP contribution in [0, 0.1) is 18.3 Å². The fourth-order valence-electron chi connectivity index (χ4n) is 3.08. The monoisotopic (exact) mass is 416 g/mol. The second kappa shape index (κ2) is 9.13. The van der Waals surface area contributed by atoms with Crippen molar-refractivity contribution >= 4 is 45.3 Å². The van der Waals surface area contributed by atoms with Crippen molar-refractivity contribution in [3.05, 3.63) is 37.9 Å². The number of fused-ring (bicyclic) bond motifs is 1. The van der Waals surface area contributed by atoms with Crippen LogP contribution in [0.1, 0.15) is 56.2 Å². The second-order valence-corrected chi connectivity index (χ2v) is 8.96. The van der Waals surface area contributed by atoms with E-state index in [0.29, 0.717) is 15.4 Å². The molecule has 0 spiro atoms. The summed E-state index contributed by atoms with van der Waals surface area (Å²) in [7, 11) is 0. The van der Waals surface area contributed by atoms with Gasteiger partial charge >= 0.3 is 5.97 Å². The number of ether oxygens (including phenoxy) is 1. The van der Waals surface area contributed by atoms with Gasteiger partial charge in [-0.2, -0.15) is 5.26 Å². The zero-order chi connectivity index (χ0) is 20.1. The van der Waals surface area contributed by atoms with Crippen LogP contribution in [0.5, 0.6) is 0 Å². The first-order valence-corrected chi connectivity index (χ1v) is 10.7. The molecule has 0 aliphatic heterocycles. The topological polar surface area (TPSA) is 96.3 Å². The van der Waals surface area contributed by atoms with Crippen molar-refractivity contribution < 1.29 is 19.1 Å². The third-order valence-corrected chi connectivity index (χ3v) is 6.72. The Morgan fingerprint density at radius 2 is 1.96 bits per heavy atom. The van der Waals surface area contributed by atoms with E-state index in [2.05, 4.69) is 11.4 Å². The minimum atomic E-state index is -0.595. The number of nitriles is 1. The second-order valence-electron chi connectivity index (χ2n) is 6.57. The SMILES string of the molecule is Cc1ccc(C(=O)CCC(=O)OCC(=O)Nc2sc3c(c2C#N)CCCC3)s1. The lowest BCUT2D eigenvalue weighted by molar-refractivity contribution is -0.147. The van der Waals surface area contributed by atoms with Crippen molar-refractivity contribution in [1.29, 1.82) is 5.26 Å². The first-order chi connectivity index (χ1) is 13.5. The van der Waals surface area contributed by atoms with Crippen LogP contribution in [-0.2, 0) is 27.2 Å². The Balaban J connectivity index is 1.47. The minimum absolute atomic E-state index is 0.0522. The lowest BCUT2D eigenvalue weighted by Crippen LogP contribution is -2.21. The molecule has 0 bridgehead atoms. The Hall–Kier alpha value is -2.50. The maximum Gasteiger partial charge on any atom is 0.306 e. The molecule has 3 rings (SSSR count). The molecule has 0 radical (unpaired) electrons. The summed E-state index contributed by atoms with van der Waals surface area (Å²) in [5, 5.41) is 12.6. The number of hydrogen-bond acceptors (Lipinski definition) is 7. The summed E-state index contributed by atoms with van der Waals surface area (Å²) in [5.74, 6) is -1.19. The molecule has 1 N–H and O–H groups in total. The van der Waals surface area contributed by atoms with Crippen molar-refractivity contribution in [3.8, 4) is 6.07 Å². The number of nitrogens with one attached hydrogen (secondary N) is 1. The van der Waals surface area contributed by atoms with Crippen LogP contribution in [0.25, 0.3) is 0 Å². The summed E-state index contributed by atoms with van der Waals surface area (Å²) in [6, 6.07) is 5.78. The number of aryl methyl sites for hydroxylation is 2. The minimum Gasteiger partial charge on any atom is -0.456 e. The van der Waals surface area contributed by atoms with E-state index in [4.69, 9.17) is 4.74 Å². The van der Waals surface area contributed by atoms with Gasteiger partial charge in [-0.05, 0) is 50.3 Å². The molecule has 0 unspecified atom stereocenters. The molecule has 6 nitrogen and oxygen atoms in total. The van der Waals surface area contributed by atoms with Crippen molar-refractivity contribution in [2.75, 3.05) is 11.9 Å². The van der Waals surface area contributed by atoms with Gasteiger partial charge in [-0.1, -0.05) is 0 Å². The van der Waals surface area contributed by atoms with E-state index in [0.717, 1.165) is 41.0 Å². The zero-order valence-electron chi connectivity index (χ0n) is 15.5. The Bertz CT molecular complexity index is 952. The Morgan fingerprint density at radius 3 is 2.68 bits per heavy atom. The van der Waals surface area contributed by atoms with Crippen LogP contribution in [0.2, 0.25) is 0 Å². The van der Waals surface area contributed by atoms with Crippen molar-refractivity contribution in [2.24, 2.45) is 0 Å². The molecule has 2 aromatic heterocycles. The van der Waals surface area contributed by atoms with Gasteiger partial charge in [-0.15, -0.1) is 22.7 Å². The van der Waals surface area contributed by atoms with E-state index >= 15 is 0 Å². The number of hydrogen-bond donors (Lipinski definition) is 1. The highest BCUT2D eigenvalue weighted by Crippen LogP contribution is 2.37. The number of nitrogens with zero attached hydrogens (tertiary/aromatic N) is 1. The maximum absolute atomic E-state index is 12.1. The highest BCUT2D eigenvalue weighted by atomic mass is 32.1. The number of ketones is 1. The van der Waals surface area contributed by atoms with Gasteiger partial charge in [0.1, 0.15) is 11.1 Å². The molecule has 2 heterocycles. The van der Waals surface area contributed by atoms with Gasteiger partial charge in [0.05, 0.1) is 16.9 Å². The summed E-state index contributed by atoms with van der Waals surface area (Å²) in [6.07, 6.45) is 3.91. The molecule has 1 amide bonds. The lowest BCUT2D eigenvalue weighted by Gasteiger charge is -2.09. The van der Waals surface area contributed by atoms with E-state index in [-0.39, 0.29) is 18.6 Å². The van der Waals surface area contributed by atoms with E-state index in [1.807, 2.05) is 13.0 Å². The van der Waals surface area contributed by atoms with Crippen LogP contribution < -0.4 is 5.32 Å². The highest BCUT2D eigenvalue weighted by Gasteiger charge is 2.22. The Morgan fingerprint density at radius 1 is 1.18 bits per heavy atom. The molecule has 1 aliphatic carbocycles. The average molecular weight is 417 g/mol. The lowest BCUT2D eigenvalue weighted by atomic mass is 9.96. The van der Waals surface area contributed by atoms with Crippen LogP contribution in [0.3, 0.4) is 0 Å². The third-order valence-electron chi connectivity index (χ3n) is 4.47. The van der Waals surface area contributed by atoms with Gasteiger partial charge < -0.3 is 10.1 Å². The molecule has 0 atom stereocenters. The van der Waals surface area contributed by atoms with Crippen LogP contribution >= 0.6 is 22.7 Å². The fourth-order valence-corrected chi connectivity index (χ4v) is 5.17. The quantitative estimate of drug-likeness (QED) is 0.543. The van der Waals surface area contributed by atoms with Gasteiger partial charge in [0, 0.05) is 16.2 Å². The van der Waals surface area contributed by atoms with E-state index < -0.39 is 18.5 Å². The van der Waals surface area contributed by atoms with E-state index in [1.54, 1.807) is 6.07 Å². The van der Waals surface area contributed by atoms with Crippen molar-refractivity contribution in [2.45, 2.75) is 45.4 Å². The van der Waals surface area contributed by atoms with Crippen molar-refractivity contribution in [3.63, 3.8) is 0 Å². The largest absolute Gasteiger partial charge is 0.456 e. The zero-order valence-corrected chi connectivity index (χ0v) is 17.1. The van der Waals surface area contributed by atoms with Crippen molar-refractivity contribution in [1.82, 2.24) is 0 Å². The first-order valence-electron chi connectivity index (χ1n) is 9.07.